The molecule has 0 spiro atoms. The second-order valence-corrected chi connectivity index (χ2v) is 8.08. The van der Waals surface area contributed by atoms with Crippen LogP contribution in [0, 0.1) is 0 Å². The molecule has 7 heteroatoms. The van der Waals surface area contributed by atoms with Crippen LogP contribution < -0.4 is 5.32 Å². The molecular formula is C19H24NO5P. The summed E-state index contributed by atoms with van der Waals surface area (Å²) in [5.74, 6) is -0.805. The van der Waals surface area contributed by atoms with Gasteiger partial charge in [0.2, 0.25) is 0 Å². The fourth-order valence-electron chi connectivity index (χ4n) is 2.49. The molecule has 0 aliphatic carbocycles. The molecule has 2 aromatic carbocycles. The summed E-state index contributed by atoms with van der Waals surface area (Å²) in [5, 5.41) is 2.63. The van der Waals surface area contributed by atoms with Gasteiger partial charge >= 0.3 is 13.7 Å². The molecule has 0 aromatic heterocycles. The van der Waals surface area contributed by atoms with Crippen molar-refractivity contribution in [2.75, 3.05) is 14.2 Å². The molecule has 0 saturated heterocycles. The average Bonchev–Trinajstić information content (AvgIpc) is 2.70. The summed E-state index contributed by atoms with van der Waals surface area (Å²) in [6.07, 6.45) is 0.339. The van der Waals surface area contributed by atoms with E-state index in [-0.39, 0.29) is 6.61 Å². The molecule has 2 rings (SSSR count). The van der Waals surface area contributed by atoms with Crippen LogP contribution in [0.3, 0.4) is 0 Å². The van der Waals surface area contributed by atoms with Gasteiger partial charge in [0.15, 0.2) is 0 Å². The highest BCUT2D eigenvalue weighted by atomic mass is 31.2. The minimum Gasteiger partial charge on any atom is -0.445 e. The first-order chi connectivity index (χ1) is 12.6. The summed E-state index contributed by atoms with van der Waals surface area (Å²) in [5.41, 5.74) is 1.93. The van der Waals surface area contributed by atoms with Crippen LogP contribution in [0.5, 0.6) is 0 Å². The number of hydrogen-bond acceptors (Lipinski definition) is 5. The molecule has 1 N–H and O–H groups in total. The predicted octanol–water partition coefficient (Wildman–Crippen LogP) is 4.36. The normalized spacial score (nSPS) is 12.4. The molecular weight excluding hydrogens is 353 g/mol. The maximum Gasteiger partial charge on any atom is 0.408 e. The Hall–Kier alpha value is -2.14. The molecule has 0 radical (unpaired) electrons. The topological polar surface area (TPSA) is 73.9 Å². The number of rotatable bonds is 9. The fraction of sp³-hybridized carbons (Fsp3) is 0.316. The fourth-order valence-corrected chi connectivity index (χ4v) is 3.85. The number of aryl methyl sites for hydroxylation is 1. The summed E-state index contributed by atoms with van der Waals surface area (Å²) in [6.45, 7) is 0.127. The third-order valence-electron chi connectivity index (χ3n) is 3.94. The van der Waals surface area contributed by atoms with E-state index in [1.165, 1.54) is 14.2 Å². The van der Waals surface area contributed by atoms with Gasteiger partial charge in [-0.15, -0.1) is 0 Å². The Balaban J connectivity index is 1.98. The molecule has 26 heavy (non-hydrogen) atoms. The van der Waals surface area contributed by atoms with Gasteiger partial charge in [-0.2, -0.15) is 0 Å². The van der Waals surface area contributed by atoms with Crippen LogP contribution in [-0.2, 0) is 31.4 Å². The van der Waals surface area contributed by atoms with E-state index in [0.29, 0.717) is 12.8 Å². The smallest absolute Gasteiger partial charge is 0.408 e. The molecule has 6 nitrogen and oxygen atoms in total. The summed E-state index contributed by atoms with van der Waals surface area (Å²) in [7, 11) is -0.885. The van der Waals surface area contributed by atoms with Gasteiger partial charge in [-0.3, -0.25) is 4.57 Å². The third kappa shape index (κ3) is 5.99. The van der Waals surface area contributed by atoms with Crippen LogP contribution in [0.15, 0.2) is 60.7 Å². The lowest BCUT2D eigenvalue weighted by Gasteiger charge is -2.25. The van der Waals surface area contributed by atoms with Gasteiger partial charge in [-0.05, 0) is 24.0 Å². The zero-order valence-corrected chi connectivity index (χ0v) is 15.9. The van der Waals surface area contributed by atoms with Gasteiger partial charge in [0, 0.05) is 14.2 Å². The zero-order chi connectivity index (χ0) is 18.8. The van der Waals surface area contributed by atoms with E-state index < -0.39 is 19.5 Å². The van der Waals surface area contributed by atoms with Crippen molar-refractivity contribution in [1.82, 2.24) is 5.32 Å². The Kier molecular flexibility index (Phi) is 7.85. The Morgan fingerprint density at radius 3 is 2.04 bits per heavy atom. The summed E-state index contributed by atoms with van der Waals surface area (Å²) >= 11 is 0. The number of carbonyl (C=O) groups excluding carboxylic acids is 1. The van der Waals surface area contributed by atoms with E-state index in [4.69, 9.17) is 13.8 Å². The van der Waals surface area contributed by atoms with Gasteiger partial charge < -0.3 is 19.1 Å². The molecule has 0 aliphatic rings. The SMILES string of the molecule is COP(=O)(OC)[C@H](CCc1ccccc1)NC(=O)OCc1ccccc1. The van der Waals surface area contributed by atoms with Crippen LogP contribution in [0.1, 0.15) is 17.5 Å². The Labute approximate surface area is 154 Å². The molecule has 0 saturated carbocycles. The van der Waals surface area contributed by atoms with Crippen molar-refractivity contribution in [3.63, 3.8) is 0 Å². The standard InChI is InChI=1S/C19H24NO5P/c1-23-26(22,24-2)18(14-13-16-9-5-3-6-10-16)20-19(21)25-15-17-11-7-4-8-12-17/h3-12,18H,13-15H2,1-2H3,(H,20,21)/t18-/m1/s1. The van der Waals surface area contributed by atoms with E-state index >= 15 is 0 Å². The Morgan fingerprint density at radius 2 is 1.50 bits per heavy atom. The third-order valence-corrected chi connectivity index (χ3v) is 6.11. The largest absolute Gasteiger partial charge is 0.445 e. The highest BCUT2D eigenvalue weighted by Crippen LogP contribution is 2.51. The molecule has 2 aromatic rings. The average molecular weight is 377 g/mol. The summed E-state index contributed by atoms with van der Waals surface area (Å²) in [4.78, 5) is 12.2. The number of hydrogen-bond donors (Lipinski definition) is 1. The van der Waals surface area contributed by atoms with E-state index in [2.05, 4.69) is 5.32 Å². The first kappa shape index (κ1) is 20.2. The van der Waals surface area contributed by atoms with Gasteiger partial charge in [0.05, 0.1) is 0 Å². The first-order valence-corrected chi connectivity index (χ1v) is 9.91. The molecule has 140 valence electrons. The van der Waals surface area contributed by atoms with Crippen molar-refractivity contribution in [3.05, 3.63) is 71.8 Å². The van der Waals surface area contributed by atoms with Crippen LogP contribution in [0.2, 0.25) is 0 Å². The van der Waals surface area contributed by atoms with Gasteiger partial charge in [0.1, 0.15) is 12.4 Å². The quantitative estimate of drug-likeness (QED) is 0.658. The number of amides is 1. The lowest BCUT2D eigenvalue weighted by molar-refractivity contribution is 0.135. The van der Waals surface area contributed by atoms with Crippen molar-refractivity contribution in [2.24, 2.45) is 0 Å². The molecule has 0 fully saturated rings. The van der Waals surface area contributed by atoms with Crippen molar-refractivity contribution in [3.8, 4) is 0 Å². The zero-order valence-electron chi connectivity index (χ0n) is 15.0. The number of carbonyl (C=O) groups is 1. The predicted molar refractivity (Wildman–Crippen MR) is 99.9 cm³/mol. The molecule has 0 unspecified atom stereocenters. The second kappa shape index (κ2) is 10.1. The summed E-state index contributed by atoms with van der Waals surface area (Å²) in [6, 6.07) is 19.0. The lowest BCUT2D eigenvalue weighted by atomic mass is 10.1. The molecule has 0 heterocycles. The van der Waals surface area contributed by atoms with Crippen molar-refractivity contribution in [2.45, 2.75) is 25.2 Å². The number of benzene rings is 2. The maximum absolute atomic E-state index is 12.8. The van der Waals surface area contributed by atoms with Gasteiger partial charge in [-0.1, -0.05) is 60.7 Å². The number of nitrogens with one attached hydrogen (secondary N) is 1. The van der Waals surface area contributed by atoms with Crippen LogP contribution >= 0.6 is 7.60 Å². The molecule has 1 atom stereocenters. The van der Waals surface area contributed by atoms with E-state index in [0.717, 1.165) is 11.1 Å². The first-order valence-electron chi connectivity index (χ1n) is 8.29. The van der Waals surface area contributed by atoms with Crippen LogP contribution in [0.4, 0.5) is 4.79 Å². The minimum atomic E-state index is -3.49. The van der Waals surface area contributed by atoms with Crippen molar-refractivity contribution >= 4 is 13.7 Å². The highest BCUT2D eigenvalue weighted by Gasteiger charge is 2.35. The van der Waals surface area contributed by atoms with Crippen LogP contribution in [0.25, 0.3) is 0 Å². The van der Waals surface area contributed by atoms with Gasteiger partial charge in [-0.25, -0.2) is 4.79 Å². The number of ether oxygens (including phenoxy) is 1. The summed E-state index contributed by atoms with van der Waals surface area (Å²) < 4.78 is 28.1. The van der Waals surface area contributed by atoms with Crippen LogP contribution in [-0.4, -0.2) is 26.1 Å². The monoisotopic (exact) mass is 377 g/mol. The van der Waals surface area contributed by atoms with Crippen molar-refractivity contribution < 1.29 is 23.1 Å². The molecule has 0 bridgehead atoms. The van der Waals surface area contributed by atoms with E-state index in [1.54, 1.807) is 0 Å². The molecule has 1 amide bonds. The lowest BCUT2D eigenvalue weighted by Crippen LogP contribution is -2.36. The second-order valence-electron chi connectivity index (χ2n) is 5.65. The van der Waals surface area contributed by atoms with Gasteiger partial charge in [0.25, 0.3) is 0 Å². The van der Waals surface area contributed by atoms with E-state index in [1.807, 2.05) is 60.7 Å². The Morgan fingerprint density at radius 1 is 0.962 bits per heavy atom. The number of alkyl carbamates (subject to hydrolysis) is 1. The molecule has 0 aliphatic heterocycles. The minimum absolute atomic E-state index is 0.127. The highest BCUT2D eigenvalue weighted by molar-refractivity contribution is 7.54. The Bertz CT molecular complexity index is 715. The van der Waals surface area contributed by atoms with Crippen molar-refractivity contribution in [1.29, 1.82) is 0 Å². The maximum atomic E-state index is 12.8. The van der Waals surface area contributed by atoms with E-state index in [9.17, 15) is 9.36 Å².